The number of aryl methyl sites for hydroxylation is 2. The molecule has 4 nitrogen and oxygen atoms in total. The zero-order chi connectivity index (χ0) is 13.2. The summed E-state index contributed by atoms with van der Waals surface area (Å²) >= 11 is 3.90. The monoisotopic (exact) mass is 294 g/mol. The molecule has 1 unspecified atom stereocenters. The quantitative estimate of drug-likeness (QED) is 0.671. The zero-order valence-electron chi connectivity index (χ0n) is 10.9. The molecule has 0 bridgehead atoms. The molecule has 3 rings (SSSR count). The van der Waals surface area contributed by atoms with E-state index in [4.69, 9.17) is 5.84 Å². The van der Waals surface area contributed by atoms with Crippen LogP contribution in [0, 0.1) is 0 Å². The SMILES string of the molecule is CCn1nccc1C(NN)c1cc2c(s1)CCSC2. The van der Waals surface area contributed by atoms with Gasteiger partial charge in [-0.3, -0.25) is 10.5 Å². The highest BCUT2D eigenvalue weighted by Gasteiger charge is 2.22. The van der Waals surface area contributed by atoms with Gasteiger partial charge in [0.2, 0.25) is 0 Å². The van der Waals surface area contributed by atoms with Crippen molar-refractivity contribution in [3.63, 3.8) is 0 Å². The lowest BCUT2D eigenvalue weighted by molar-refractivity contribution is 0.548. The van der Waals surface area contributed by atoms with Gasteiger partial charge in [0, 0.05) is 28.2 Å². The van der Waals surface area contributed by atoms with Gasteiger partial charge in [-0.25, -0.2) is 5.43 Å². The van der Waals surface area contributed by atoms with Gasteiger partial charge in [-0.15, -0.1) is 11.3 Å². The number of hydrazine groups is 1. The van der Waals surface area contributed by atoms with Crippen LogP contribution < -0.4 is 11.3 Å². The fourth-order valence-corrected chi connectivity index (χ4v) is 4.93. The fourth-order valence-electron chi connectivity index (χ4n) is 2.48. The highest BCUT2D eigenvalue weighted by atomic mass is 32.2. The molecule has 0 aromatic carbocycles. The number of aromatic nitrogens is 2. The molecule has 1 aliphatic rings. The molecule has 1 atom stereocenters. The molecular weight excluding hydrogens is 276 g/mol. The van der Waals surface area contributed by atoms with E-state index in [9.17, 15) is 0 Å². The van der Waals surface area contributed by atoms with Gasteiger partial charge in [-0.1, -0.05) is 0 Å². The van der Waals surface area contributed by atoms with E-state index in [1.807, 2.05) is 40.0 Å². The molecule has 2 aromatic heterocycles. The first-order valence-corrected chi connectivity index (χ1v) is 8.47. The standard InChI is InChI=1S/C13H18N4S2/c1-2-17-10(3-5-15-17)13(16-14)12-7-9-8-18-6-4-11(9)19-12/h3,5,7,13,16H,2,4,6,8,14H2,1H3. The van der Waals surface area contributed by atoms with E-state index in [-0.39, 0.29) is 6.04 Å². The lowest BCUT2D eigenvalue weighted by Crippen LogP contribution is -2.30. The van der Waals surface area contributed by atoms with Crippen LogP contribution in [0.4, 0.5) is 0 Å². The van der Waals surface area contributed by atoms with Gasteiger partial charge in [-0.2, -0.15) is 16.9 Å². The van der Waals surface area contributed by atoms with Crippen LogP contribution in [0.2, 0.25) is 0 Å². The summed E-state index contributed by atoms with van der Waals surface area (Å²) in [5.41, 5.74) is 5.57. The minimum Gasteiger partial charge on any atom is -0.270 e. The predicted octanol–water partition coefficient (Wildman–Crippen LogP) is 2.31. The molecule has 2 aromatic rings. The normalized spacial score (nSPS) is 16.3. The van der Waals surface area contributed by atoms with Gasteiger partial charge in [0.05, 0.1) is 11.7 Å². The van der Waals surface area contributed by atoms with E-state index >= 15 is 0 Å². The number of fused-ring (bicyclic) bond motifs is 1. The third-order valence-corrected chi connectivity index (χ3v) is 5.75. The molecule has 0 aliphatic carbocycles. The lowest BCUT2D eigenvalue weighted by atomic mass is 10.1. The van der Waals surface area contributed by atoms with Crippen molar-refractivity contribution in [2.24, 2.45) is 5.84 Å². The second kappa shape index (κ2) is 5.66. The average molecular weight is 294 g/mol. The Kier molecular flexibility index (Phi) is 3.93. The highest BCUT2D eigenvalue weighted by Crippen LogP contribution is 2.36. The first-order chi connectivity index (χ1) is 9.33. The van der Waals surface area contributed by atoms with Crippen LogP contribution in [0.25, 0.3) is 0 Å². The Morgan fingerprint density at radius 2 is 2.47 bits per heavy atom. The van der Waals surface area contributed by atoms with E-state index in [0.29, 0.717) is 0 Å². The number of thiophene rings is 1. The molecule has 3 N–H and O–H groups in total. The van der Waals surface area contributed by atoms with Gasteiger partial charge >= 0.3 is 0 Å². The number of nitrogens with one attached hydrogen (secondary N) is 1. The summed E-state index contributed by atoms with van der Waals surface area (Å²) in [7, 11) is 0. The Hall–Kier alpha value is -0.820. The summed E-state index contributed by atoms with van der Waals surface area (Å²) in [6, 6.07) is 4.40. The van der Waals surface area contributed by atoms with Crippen LogP contribution >= 0.6 is 23.1 Å². The Bertz CT molecular complexity index is 537. The van der Waals surface area contributed by atoms with E-state index in [1.54, 1.807) is 0 Å². The van der Waals surface area contributed by atoms with Crippen LogP contribution in [0.15, 0.2) is 18.3 Å². The van der Waals surface area contributed by atoms with Crippen LogP contribution in [0.1, 0.15) is 34.0 Å². The van der Waals surface area contributed by atoms with E-state index in [2.05, 4.69) is 23.5 Å². The van der Waals surface area contributed by atoms with Gasteiger partial charge in [0.15, 0.2) is 0 Å². The molecule has 0 fully saturated rings. The number of thioether (sulfide) groups is 1. The van der Waals surface area contributed by atoms with E-state index in [1.165, 1.54) is 27.5 Å². The van der Waals surface area contributed by atoms with E-state index < -0.39 is 0 Å². The Morgan fingerprint density at radius 1 is 1.58 bits per heavy atom. The van der Waals surface area contributed by atoms with Crippen LogP contribution in [-0.2, 0) is 18.7 Å². The van der Waals surface area contributed by atoms with Crippen molar-refractivity contribution in [3.05, 3.63) is 39.3 Å². The lowest BCUT2D eigenvalue weighted by Gasteiger charge is -2.15. The first-order valence-electron chi connectivity index (χ1n) is 6.50. The first kappa shape index (κ1) is 13.2. The third-order valence-electron chi connectivity index (χ3n) is 3.44. The number of hydrogen-bond acceptors (Lipinski definition) is 5. The smallest absolute Gasteiger partial charge is 0.0970 e. The Morgan fingerprint density at radius 3 is 3.21 bits per heavy atom. The molecule has 3 heterocycles. The largest absolute Gasteiger partial charge is 0.270 e. The summed E-state index contributed by atoms with van der Waals surface area (Å²) in [5.74, 6) is 8.16. The van der Waals surface area contributed by atoms with Crippen molar-refractivity contribution in [2.45, 2.75) is 31.7 Å². The summed E-state index contributed by atoms with van der Waals surface area (Å²) in [6.07, 6.45) is 3.03. The molecule has 19 heavy (non-hydrogen) atoms. The molecule has 102 valence electrons. The van der Waals surface area contributed by atoms with Crippen molar-refractivity contribution < 1.29 is 0 Å². The highest BCUT2D eigenvalue weighted by molar-refractivity contribution is 7.98. The average Bonchev–Trinajstić information content (AvgIpc) is 3.05. The van der Waals surface area contributed by atoms with Crippen molar-refractivity contribution in [3.8, 4) is 0 Å². The second-order valence-corrected chi connectivity index (χ2v) is 6.84. The number of nitrogens with zero attached hydrogens (tertiary/aromatic N) is 2. The van der Waals surface area contributed by atoms with Crippen molar-refractivity contribution in [1.29, 1.82) is 0 Å². The third kappa shape index (κ3) is 2.45. The van der Waals surface area contributed by atoms with Gasteiger partial charge in [0.1, 0.15) is 0 Å². The van der Waals surface area contributed by atoms with Crippen LogP contribution in [-0.4, -0.2) is 15.5 Å². The maximum atomic E-state index is 5.79. The van der Waals surface area contributed by atoms with E-state index in [0.717, 1.165) is 18.0 Å². The molecule has 0 amide bonds. The molecular formula is C13H18N4S2. The predicted molar refractivity (Wildman–Crippen MR) is 81.3 cm³/mol. The minimum atomic E-state index is 0.0445. The zero-order valence-corrected chi connectivity index (χ0v) is 12.6. The number of hydrogen-bond donors (Lipinski definition) is 2. The molecule has 0 saturated carbocycles. The summed E-state index contributed by atoms with van der Waals surface area (Å²) in [6.45, 7) is 2.96. The minimum absolute atomic E-state index is 0.0445. The summed E-state index contributed by atoms with van der Waals surface area (Å²) in [4.78, 5) is 2.82. The number of rotatable bonds is 4. The molecule has 6 heteroatoms. The van der Waals surface area contributed by atoms with Gasteiger partial charge in [0.25, 0.3) is 0 Å². The number of nitrogens with two attached hydrogens (primary N) is 1. The molecule has 0 spiro atoms. The van der Waals surface area contributed by atoms with Gasteiger partial charge < -0.3 is 0 Å². The molecule has 0 radical (unpaired) electrons. The van der Waals surface area contributed by atoms with Crippen molar-refractivity contribution >= 4 is 23.1 Å². The molecule has 1 aliphatic heterocycles. The fraction of sp³-hybridized carbons (Fsp3) is 0.462. The second-order valence-electron chi connectivity index (χ2n) is 4.57. The van der Waals surface area contributed by atoms with Gasteiger partial charge in [-0.05, 0) is 36.8 Å². The Labute approximate surface area is 121 Å². The van der Waals surface area contributed by atoms with Crippen LogP contribution in [0.5, 0.6) is 0 Å². The Balaban J connectivity index is 1.96. The molecule has 0 saturated heterocycles. The maximum absolute atomic E-state index is 5.79. The van der Waals surface area contributed by atoms with Crippen LogP contribution in [0.3, 0.4) is 0 Å². The topological polar surface area (TPSA) is 55.9 Å². The maximum Gasteiger partial charge on any atom is 0.0970 e. The summed E-state index contributed by atoms with van der Waals surface area (Å²) < 4.78 is 2.00. The van der Waals surface area contributed by atoms with Crippen molar-refractivity contribution in [1.82, 2.24) is 15.2 Å². The van der Waals surface area contributed by atoms with Crippen molar-refractivity contribution in [2.75, 3.05) is 5.75 Å². The summed E-state index contributed by atoms with van der Waals surface area (Å²) in [5, 5.41) is 4.33.